The van der Waals surface area contributed by atoms with Gasteiger partial charge in [-0.25, -0.2) is 0 Å². The highest BCUT2D eigenvalue weighted by Crippen LogP contribution is 2.37. The van der Waals surface area contributed by atoms with Crippen LogP contribution in [0.25, 0.3) is 0 Å². The van der Waals surface area contributed by atoms with Crippen LogP contribution < -0.4 is 4.74 Å². The molecule has 0 aliphatic carbocycles. The van der Waals surface area contributed by atoms with Crippen molar-refractivity contribution in [2.45, 2.75) is 26.0 Å². The van der Waals surface area contributed by atoms with Crippen LogP contribution in [0.3, 0.4) is 0 Å². The third-order valence-electron chi connectivity index (χ3n) is 3.81. The van der Waals surface area contributed by atoms with Crippen molar-refractivity contribution in [3.63, 3.8) is 0 Å². The number of nitrogens with zero attached hydrogens (tertiary/aromatic N) is 1. The van der Waals surface area contributed by atoms with Crippen molar-refractivity contribution in [1.29, 1.82) is 0 Å². The number of hydrogen-bond donors (Lipinski definition) is 2. The largest absolute Gasteiger partial charge is 0.491 e. The average molecular weight is 251 g/mol. The Hall–Kier alpha value is -1.10. The van der Waals surface area contributed by atoms with Crippen LogP contribution in [-0.4, -0.2) is 48.0 Å². The van der Waals surface area contributed by atoms with Gasteiger partial charge in [-0.05, 0) is 32.0 Å². The summed E-state index contributed by atoms with van der Waals surface area (Å²) in [5, 5.41) is 19.4. The number of aliphatic hydroxyl groups excluding tert-OH is 2. The van der Waals surface area contributed by atoms with Gasteiger partial charge in [0.1, 0.15) is 18.5 Å². The van der Waals surface area contributed by atoms with E-state index in [2.05, 4.69) is 0 Å². The summed E-state index contributed by atoms with van der Waals surface area (Å²) in [4.78, 5) is 1.93. The molecular formula is C14H21NO3. The Morgan fingerprint density at radius 3 is 2.78 bits per heavy atom. The lowest BCUT2D eigenvalue weighted by molar-refractivity contribution is 0.00917. The van der Waals surface area contributed by atoms with E-state index >= 15 is 0 Å². The number of aliphatic hydroxyl groups is 2. The molecule has 0 bridgehead atoms. The normalized spacial score (nSPS) is 22.8. The zero-order valence-electron chi connectivity index (χ0n) is 11.2. The van der Waals surface area contributed by atoms with Gasteiger partial charge in [0.25, 0.3) is 0 Å². The number of rotatable bonds is 3. The molecule has 2 N–H and O–H groups in total. The van der Waals surface area contributed by atoms with Crippen LogP contribution in [0.4, 0.5) is 0 Å². The van der Waals surface area contributed by atoms with E-state index in [1.54, 1.807) is 0 Å². The number of aryl methyl sites for hydroxylation is 1. The molecule has 1 aromatic rings. The molecule has 0 saturated carbocycles. The summed E-state index contributed by atoms with van der Waals surface area (Å²) in [5.41, 5.74) is 3.11. The predicted molar refractivity (Wildman–Crippen MR) is 69.9 cm³/mol. The molecule has 2 unspecified atom stereocenters. The topological polar surface area (TPSA) is 52.9 Å². The zero-order chi connectivity index (χ0) is 13.3. The van der Waals surface area contributed by atoms with Gasteiger partial charge in [0.15, 0.2) is 0 Å². The van der Waals surface area contributed by atoms with Gasteiger partial charge in [0.05, 0.1) is 12.6 Å². The monoisotopic (exact) mass is 251 g/mol. The molecule has 2 rings (SSSR count). The maximum absolute atomic E-state index is 10.4. The van der Waals surface area contributed by atoms with Gasteiger partial charge in [0, 0.05) is 12.1 Å². The zero-order valence-corrected chi connectivity index (χ0v) is 11.2. The van der Waals surface area contributed by atoms with E-state index in [1.165, 1.54) is 5.56 Å². The highest BCUT2D eigenvalue weighted by atomic mass is 16.5. The SMILES string of the molecule is Cc1ccc2c(c1C)OCC(N(C)CCO)C2O. The molecule has 1 aliphatic heterocycles. The summed E-state index contributed by atoms with van der Waals surface area (Å²) >= 11 is 0. The molecule has 0 spiro atoms. The van der Waals surface area contributed by atoms with Crippen molar-refractivity contribution >= 4 is 0 Å². The van der Waals surface area contributed by atoms with Crippen molar-refractivity contribution in [2.75, 3.05) is 26.8 Å². The lowest BCUT2D eigenvalue weighted by Gasteiger charge is -2.36. The second-order valence-corrected chi connectivity index (χ2v) is 4.95. The van der Waals surface area contributed by atoms with E-state index in [0.717, 1.165) is 16.9 Å². The van der Waals surface area contributed by atoms with Gasteiger partial charge < -0.3 is 14.9 Å². The van der Waals surface area contributed by atoms with E-state index in [9.17, 15) is 5.11 Å². The lowest BCUT2D eigenvalue weighted by Crippen LogP contribution is -2.45. The van der Waals surface area contributed by atoms with E-state index in [4.69, 9.17) is 9.84 Å². The van der Waals surface area contributed by atoms with E-state index in [-0.39, 0.29) is 12.6 Å². The highest BCUT2D eigenvalue weighted by Gasteiger charge is 2.32. The Kier molecular flexibility index (Phi) is 3.90. The summed E-state index contributed by atoms with van der Waals surface area (Å²) in [7, 11) is 1.89. The summed E-state index contributed by atoms with van der Waals surface area (Å²) in [6.07, 6.45) is -0.565. The van der Waals surface area contributed by atoms with Crippen LogP contribution in [0, 0.1) is 13.8 Å². The lowest BCUT2D eigenvalue weighted by atomic mass is 9.94. The molecular weight excluding hydrogens is 230 g/mol. The molecule has 0 aromatic heterocycles. The minimum Gasteiger partial charge on any atom is -0.491 e. The van der Waals surface area contributed by atoms with E-state index in [1.807, 2.05) is 37.9 Å². The molecule has 4 nitrogen and oxygen atoms in total. The van der Waals surface area contributed by atoms with Crippen molar-refractivity contribution in [2.24, 2.45) is 0 Å². The Bertz CT molecular complexity index is 433. The van der Waals surface area contributed by atoms with Gasteiger partial charge in [-0.15, -0.1) is 0 Å². The van der Waals surface area contributed by atoms with Crippen LogP contribution in [0.1, 0.15) is 22.8 Å². The number of hydrogen-bond acceptors (Lipinski definition) is 4. The molecule has 0 fully saturated rings. The summed E-state index contributed by atoms with van der Waals surface area (Å²) in [6, 6.07) is 3.84. The Morgan fingerprint density at radius 2 is 2.11 bits per heavy atom. The van der Waals surface area contributed by atoms with Crippen LogP contribution >= 0.6 is 0 Å². The Labute approximate surface area is 108 Å². The quantitative estimate of drug-likeness (QED) is 0.842. The third kappa shape index (κ3) is 2.23. The van der Waals surface area contributed by atoms with Gasteiger partial charge >= 0.3 is 0 Å². The fraction of sp³-hybridized carbons (Fsp3) is 0.571. The van der Waals surface area contributed by atoms with Crippen LogP contribution in [0.2, 0.25) is 0 Å². The summed E-state index contributed by atoms with van der Waals surface area (Å²) in [6.45, 7) is 5.12. The number of benzene rings is 1. The molecule has 100 valence electrons. The number of fused-ring (bicyclic) bond motifs is 1. The summed E-state index contributed by atoms with van der Waals surface area (Å²) in [5.74, 6) is 0.816. The second kappa shape index (κ2) is 5.26. The van der Waals surface area contributed by atoms with Crippen molar-refractivity contribution < 1.29 is 14.9 Å². The van der Waals surface area contributed by atoms with Gasteiger partial charge in [-0.2, -0.15) is 0 Å². The minimum atomic E-state index is -0.565. The highest BCUT2D eigenvalue weighted by molar-refractivity contribution is 5.47. The van der Waals surface area contributed by atoms with Gasteiger partial charge in [-0.1, -0.05) is 12.1 Å². The van der Waals surface area contributed by atoms with Crippen LogP contribution in [0.5, 0.6) is 5.75 Å². The van der Waals surface area contributed by atoms with Crippen molar-refractivity contribution in [3.05, 3.63) is 28.8 Å². The molecule has 1 aromatic carbocycles. The maximum Gasteiger partial charge on any atom is 0.128 e. The standard InChI is InChI=1S/C14H21NO3/c1-9-4-5-11-13(17)12(15(3)6-7-16)8-18-14(11)10(9)2/h4-5,12-13,16-17H,6-8H2,1-3H3. The average Bonchev–Trinajstić information content (AvgIpc) is 2.34. The van der Waals surface area contributed by atoms with Crippen LogP contribution in [-0.2, 0) is 0 Å². The first-order chi connectivity index (χ1) is 8.56. The third-order valence-corrected chi connectivity index (χ3v) is 3.81. The Balaban J connectivity index is 2.29. The van der Waals surface area contributed by atoms with Gasteiger partial charge in [0.2, 0.25) is 0 Å². The summed E-state index contributed by atoms with van der Waals surface area (Å²) < 4.78 is 5.80. The molecule has 0 amide bonds. The Morgan fingerprint density at radius 1 is 1.39 bits per heavy atom. The molecule has 0 radical (unpaired) electrons. The van der Waals surface area contributed by atoms with E-state index < -0.39 is 6.10 Å². The maximum atomic E-state index is 10.4. The predicted octanol–water partition coefficient (Wildman–Crippen LogP) is 1.02. The first-order valence-corrected chi connectivity index (χ1v) is 6.28. The molecule has 1 heterocycles. The molecule has 18 heavy (non-hydrogen) atoms. The second-order valence-electron chi connectivity index (χ2n) is 4.95. The fourth-order valence-electron chi connectivity index (χ4n) is 2.39. The molecule has 4 heteroatoms. The van der Waals surface area contributed by atoms with Crippen LogP contribution in [0.15, 0.2) is 12.1 Å². The van der Waals surface area contributed by atoms with Crippen molar-refractivity contribution in [3.8, 4) is 5.75 Å². The molecule has 2 atom stereocenters. The number of likely N-dealkylation sites (N-methyl/N-ethyl adjacent to an activating group) is 1. The molecule has 0 saturated heterocycles. The molecule has 1 aliphatic rings. The number of ether oxygens (including phenoxy) is 1. The smallest absolute Gasteiger partial charge is 0.128 e. The first kappa shape index (κ1) is 13.3. The van der Waals surface area contributed by atoms with E-state index in [0.29, 0.717) is 13.2 Å². The first-order valence-electron chi connectivity index (χ1n) is 6.28. The van der Waals surface area contributed by atoms with Gasteiger partial charge in [-0.3, -0.25) is 4.90 Å². The van der Waals surface area contributed by atoms with Crippen molar-refractivity contribution in [1.82, 2.24) is 4.90 Å². The fourth-order valence-corrected chi connectivity index (χ4v) is 2.39. The minimum absolute atomic E-state index is 0.0828.